The van der Waals surface area contributed by atoms with Crippen molar-refractivity contribution < 1.29 is 0 Å². The van der Waals surface area contributed by atoms with Crippen LogP contribution in [-0.2, 0) is 6.42 Å². The smallest absolute Gasteiger partial charge is 0.0702 e. The Labute approximate surface area is 132 Å². The van der Waals surface area contributed by atoms with Gasteiger partial charge in [-0.15, -0.1) is 11.3 Å². The standard InChI is InChI=1S/C14H21BrN4S/c1-3-11(4-2)19-8-7-10(18-19)9-12(17-16)13-5-6-14(15)20-13/h5-8,11-12,17H,3-4,9,16H2,1-2H3. The molecule has 2 rings (SSSR count). The molecule has 0 aromatic carbocycles. The molecular formula is C14H21BrN4S. The summed E-state index contributed by atoms with van der Waals surface area (Å²) in [5.74, 6) is 5.69. The van der Waals surface area contributed by atoms with Crippen molar-refractivity contribution in [3.63, 3.8) is 0 Å². The third-order valence-corrected chi connectivity index (χ3v) is 5.27. The van der Waals surface area contributed by atoms with Crippen LogP contribution in [0.25, 0.3) is 0 Å². The molecule has 0 spiro atoms. The Bertz CT molecular complexity index is 533. The summed E-state index contributed by atoms with van der Waals surface area (Å²) in [4.78, 5) is 1.22. The van der Waals surface area contributed by atoms with Crippen LogP contribution in [0.5, 0.6) is 0 Å². The van der Waals surface area contributed by atoms with E-state index in [-0.39, 0.29) is 6.04 Å². The van der Waals surface area contributed by atoms with Gasteiger partial charge in [-0.25, -0.2) is 0 Å². The zero-order valence-corrected chi connectivity index (χ0v) is 14.2. The minimum atomic E-state index is 0.108. The lowest BCUT2D eigenvalue weighted by molar-refractivity contribution is 0.423. The van der Waals surface area contributed by atoms with E-state index in [1.165, 1.54) is 4.88 Å². The van der Waals surface area contributed by atoms with Gasteiger partial charge in [0.05, 0.1) is 21.6 Å². The van der Waals surface area contributed by atoms with Crippen molar-refractivity contribution >= 4 is 27.3 Å². The number of nitrogens with one attached hydrogen (secondary N) is 1. The molecule has 1 unspecified atom stereocenters. The van der Waals surface area contributed by atoms with Crippen molar-refractivity contribution in [1.82, 2.24) is 15.2 Å². The lowest BCUT2D eigenvalue weighted by Crippen LogP contribution is -2.29. The first kappa shape index (κ1) is 15.7. The molecule has 0 saturated carbocycles. The van der Waals surface area contributed by atoms with Crippen LogP contribution in [0.2, 0.25) is 0 Å². The summed E-state index contributed by atoms with van der Waals surface area (Å²) in [6.07, 6.45) is 5.09. The molecule has 0 radical (unpaired) electrons. The third kappa shape index (κ3) is 3.69. The zero-order chi connectivity index (χ0) is 14.5. The zero-order valence-electron chi connectivity index (χ0n) is 11.8. The number of hydrogen-bond donors (Lipinski definition) is 2. The normalized spacial score (nSPS) is 13.1. The van der Waals surface area contributed by atoms with Gasteiger partial charge in [0, 0.05) is 17.5 Å². The van der Waals surface area contributed by atoms with E-state index in [1.807, 2.05) is 6.07 Å². The van der Waals surface area contributed by atoms with E-state index in [1.54, 1.807) is 11.3 Å². The molecule has 20 heavy (non-hydrogen) atoms. The monoisotopic (exact) mass is 356 g/mol. The topological polar surface area (TPSA) is 55.9 Å². The molecule has 3 N–H and O–H groups in total. The number of hydrazine groups is 1. The van der Waals surface area contributed by atoms with Crippen LogP contribution in [0.3, 0.4) is 0 Å². The summed E-state index contributed by atoms with van der Waals surface area (Å²) in [6.45, 7) is 4.39. The van der Waals surface area contributed by atoms with Crippen LogP contribution in [0.15, 0.2) is 28.2 Å². The fourth-order valence-electron chi connectivity index (χ4n) is 2.32. The summed E-state index contributed by atoms with van der Waals surface area (Å²) in [5.41, 5.74) is 3.96. The van der Waals surface area contributed by atoms with E-state index in [2.05, 4.69) is 63.3 Å². The summed E-state index contributed by atoms with van der Waals surface area (Å²) < 4.78 is 3.20. The quantitative estimate of drug-likeness (QED) is 0.585. The second kappa shape index (κ2) is 7.36. The Morgan fingerprint density at radius 1 is 1.35 bits per heavy atom. The van der Waals surface area contributed by atoms with Gasteiger partial charge in [-0.2, -0.15) is 5.10 Å². The predicted molar refractivity (Wildman–Crippen MR) is 87.6 cm³/mol. The molecular weight excluding hydrogens is 336 g/mol. The van der Waals surface area contributed by atoms with Crippen molar-refractivity contribution in [2.45, 2.75) is 45.2 Å². The number of thiophene rings is 1. The molecule has 2 heterocycles. The molecule has 0 aliphatic carbocycles. The molecule has 1 atom stereocenters. The fourth-order valence-corrected chi connectivity index (χ4v) is 3.80. The summed E-state index contributed by atoms with van der Waals surface area (Å²) in [7, 11) is 0. The molecule has 2 aromatic rings. The van der Waals surface area contributed by atoms with Crippen LogP contribution in [0.1, 0.15) is 49.3 Å². The van der Waals surface area contributed by atoms with E-state index in [0.29, 0.717) is 6.04 Å². The SMILES string of the molecule is CCC(CC)n1ccc(CC(NN)c2ccc(Br)s2)n1. The first-order chi connectivity index (χ1) is 9.67. The van der Waals surface area contributed by atoms with Gasteiger partial charge in [0.1, 0.15) is 0 Å². The predicted octanol–water partition coefficient (Wildman–Crippen LogP) is 3.82. The lowest BCUT2D eigenvalue weighted by atomic mass is 10.1. The van der Waals surface area contributed by atoms with Crippen LogP contribution < -0.4 is 11.3 Å². The molecule has 0 saturated heterocycles. The third-order valence-electron chi connectivity index (χ3n) is 3.53. The Hall–Kier alpha value is -0.690. The molecule has 0 aliphatic rings. The highest BCUT2D eigenvalue weighted by Gasteiger charge is 2.15. The number of nitrogens with zero attached hydrogens (tertiary/aromatic N) is 2. The van der Waals surface area contributed by atoms with Crippen LogP contribution >= 0.6 is 27.3 Å². The highest BCUT2D eigenvalue weighted by atomic mass is 79.9. The van der Waals surface area contributed by atoms with Crippen LogP contribution in [0.4, 0.5) is 0 Å². The maximum atomic E-state index is 5.69. The first-order valence-corrected chi connectivity index (χ1v) is 8.54. The fraction of sp³-hybridized carbons (Fsp3) is 0.500. The average molecular weight is 357 g/mol. The minimum Gasteiger partial charge on any atom is -0.271 e. The van der Waals surface area contributed by atoms with Gasteiger partial charge in [0.25, 0.3) is 0 Å². The van der Waals surface area contributed by atoms with Gasteiger partial charge < -0.3 is 0 Å². The summed E-state index contributed by atoms with van der Waals surface area (Å²) in [6, 6.07) is 6.83. The highest BCUT2D eigenvalue weighted by molar-refractivity contribution is 9.11. The molecule has 4 nitrogen and oxygen atoms in total. The number of halogens is 1. The Morgan fingerprint density at radius 2 is 2.10 bits per heavy atom. The number of rotatable bonds is 7. The van der Waals surface area contributed by atoms with Crippen molar-refractivity contribution in [1.29, 1.82) is 0 Å². The molecule has 0 amide bonds. The van der Waals surface area contributed by atoms with E-state index in [0.717, 1.165) is 28.7 Å². The number of nitrogens with two attached hydrogens (primary N) is 1. The van der Waals surface area contributed by atoms with Crippen molar-refractivity contribution in [2.75, 3.05) is 0 Å². The minimum absolute atomic E-state index is 0.108. The Balaban J connectivity index is 2.08. The van der Waals surface area contributed by atoms with Gasteiger partial charge in [-0.1, -0.05) is 13.8 Å². The second-order valence-electron chi connectivity index (χ2n) is 4.82. The van der Waals surface area contributed by atoms with Crippen LogP contribution in [0, 0.1) is 0 Å². The van der Waals surface area contributed by atoms with Crippen molar-refractivity contribution in [2.24, 2.45) is 5.84 Å². The van der Waals surface area contributed by atoms with Crippen LogP contribution in [-0.4, -0.2) is 9.78 Å². The van der Waals surface area contributed by atoms with Crippen molar-refractivity contribution in [3.8, 4) is 0 Å². The lowest BCUT2D eigenvalue weighted by Gasteiger charge is -2.14. The molecule has 2 aromatic heterocycles. The number of aromatic nitrogens is 2. The van der Waals surface area contributed by atoms with Gasteiger partial charge in [0.2, 0.25) is 0 Å². The summed E-state index contributed by atoms with van der Waals surface area (Å²) in [5, 5.41) is 4.69. The van der Waals surface area contributed by atoms with Gasteiger partial charge in [-0.05, 0) is 47.0 Å². The maximum absolute atomic E-state index is 5.69. The maximum Gasteiger partial charge on any atom is 0.0702 e. The van der Waals surface area contributed by atoms with E-state index in [9.17, 15) is 0 Å². The molecule has 0 fully saturated rings. The molecule has 0 aliphatic heterocycles. The molecule has 0 bridgehead atoms. The van der Waals surface area contributed by atoms with Gasteiger partial charge in [0.15, 0.2) is 0 Å². The number of hydrogen-bond acceptors (Lipinski definition) is 4. The summed E-state index contributed by atoms with van der Waals surface area (Å²) >= 11 is 5.19. The first-order valence-electron chi connectivity index (χ1n) is 6.93. The van der Waals surface area contributed by atoms with Gasteiger partial charge >= 0.3 is 0 Å². The molecule has 6 heteroatoms. The van der Waals surface area contributed by atoms with E-state index in [4.69, 9.17) is 5.84 Å². The van der Waals surface area contributed by atoms with Crippen molar-refractivity contribution in [3.05, 3.63) is 38.8 Å². The highest BCUT2D eigenvalue weighted by Crippen LogP contribution is 2.28. The largest absolute Gasteiger partial charge is 0.271 e. The molecule has 110 valence electrons. The average Bonchev–Trinajstić information content (AvgIpc) is 3.07. The second-order valence-corrected chi connectivity index (χ2v) is 7.32. The van der Waals surface area contributed by atoms with E-state index >= 15 is 0 Å². The van der Waals surface area contributed by atoms with E-state index < -0.39 is 0 Å². The Kier molecular flexibility index (Phi) is 5.77. The van der Waals surface area contributed by atoms with Gasteiger partial charge in [-0.3, -0.25) is 16.0 Å². The Morgan fingerprint density at radius 3 is 2.65 bits per heavy atom.